The third kappa shape index (κ3) is 7.18. The largest absolute Gasteiger partial charge is 0.444 e. The summed E-state index contributed by atoms with van der Waals surface area (Å²) in [6.07, 6.45) is 4.95. The topological polar surface area (TPSA) is 80.9 Å². The molecular weight excluding hydrogens is 368 g/mol. The van der Waals surface area contributed by atoms with Gasteiger partial charge in [0, 0.05) is 38.5 Å². The van der Waals surface area contributed by atoms with Gasteiger partial charge in [-0.3, -0.25) is 0 Å². The monoisotopic (exact) mass is 400 g/mol. The van der Waals surface area contributed by atoms with Gasteiger partial charge in [0.1, 0.15) is 12.0 Å². The molecule has 1 saturated heterocycles. The number of nitrogens with one attached hydrogen (secondary N) is 2. The second-order valence-electron chi connectivity index (χ2n) is 7.17. The van der Waals surface area contributed by atoms with Crippen molar-refractivity contribution in [3.63, 3.8) is 0 Å². The highest BCUT2D eigenvalue weighted by Gasteiger charge is 2.13. The first-order chi connectivity index (χ1) is 14.2. The van der Waals surface area contributed by atoms with Crippen molar-refractivity contribution in [1.82, 2.24) is 15.6 Å². The highest BCUT2D eigenvalue weighted by Crippen LogP contribution is 2.19. The van der Waals surface area contributed by atoms with Gasteiger partial charge in [0.15, 0.2) is 5.96 Å². The summed E-state index contributed by atoms with van der Waals surface area (Å²) in [5, 5.41) is 6.61. The summed E-state index contributed by atoms with van der Waals surface area (Å²) >= 11 is 0. The number of ether oxygens (including phenoxy) is 2. The minimum absolute atomic E-state index is 0.348. The van der Waals surface area contributed by atoms with Gasteiger partial charge in [-0.1, -0.05) is 17.7 Å². The summed E-state index contributed by atoms with van der Waals surface area (Å²) in [5.41, 5.74) is 2.99. The molecular formula is C22H32N4O3. The van der Waals surface area contributed by atoms with E-state index in [-0.39, 0.29) is 0 Å². The molecule has 158 valence electrons. The second-order valence-corrected chi connectivity index (χ2v) is 7.17. The Morgan fingerprint density at radius 1 is 1.21 bits per heavy atom. The number of hydrogen-bond acceptors (Lipinski definition) is 5. The van der Waals surface area contributed by atoms with Crippen LogP contribution >= 0.6 is 0 Å². The number of oxazole rings is 1. The van der Waals surface area contributed by atoms with Crippen LogP contribution in [-0.4, -0.2) is 50.0 Å². The van der Waals surface area contributed by atoms with E-state index in [0.717, 1.165) is 69.4 Å². The zero-order chi connectivity index (χ0) is 20.3. The molecule has 0 radical (unpaired) electrons. The van der Waals surface area contributed by atoms with E-state index in [1.54, 1.807) is 6.26 Å². The average molecular weight is 401 g/mol. The molecule has 29 heavy (non-hydrogen) atoms. The Labute approximate surface area is 172 Å². The van der Waals surface area contributed by atoms with Gasteiger partial charge in [0.25, 0.3) is 0 Å². The van der Waals surface area contributed by atoms with Gasteiger partial charge >= 0.3 is 0 Å². The van der Waals surface area contributed by atoms with E-state index >= 15 is 0 Å². The van der Waals surface area contributed by atoms with Gasteiger partial charge in [0.05, 0.1) is 12.6 Å². The fourth-order valence-electron chi connectivity index (χ4n) is 3.08. The molecule has 0 aliphatic carbocycles. The normalized spacial score (nSPS) is 15.4. The molecule has 0 bridgehead atoms. The van der Waals surface area contributed by atoms with E-state index < -0.39 is 0 Å². The Morgan fingerprint density at radius 3 is 2.76 bits per heavy atom. The quantitative estimate of drug-likeness (QED) is 0.382. The molecule has 1 aromatic carbocycles. The number of hydrogen-bond donors (Lipinski definition) is 2. The molecule has 0 unspecified atom stereocenters. The van der Waals surface area contributed by atoms with Gasteiger partial charge < -0.3 is 24.5 Å². The molecule has 3 rings (SSSR count). The zero-order valence-electron chi connectivity index (χ0n) is 17.4. The maximum absolute atomic E-state index is 5.90. The second kappa shape index (κ2) is 11.6. The molecule has 0 saturated carbocycles. The first-order valence-corrected chi connectivity index (χ1v) is 10.5. The molecule has 0 amide bonds. The van der Waals surface area contributed by atoms with Crippen LogP contribution in [-0.2, 0) is 16.0 Å². The number of rotatable bonds is 9. The summed E-state index contributed by atoms with van der Waals surface area (Å²) in [4.78, 5) is 9.15. The Bertz CT molecular complexity index is 752. The Morgan fingerprint density at radius 2 is 2.00 bits per heavy atom. The van der Waals surface area contributed by atoms with E-state index in [1.807, 2.05) is 12.1 Å². The summed E-state index contributed by atoms with van der Waals surface area (Å²) < 4.78 is 16.9. The minimum atomic E-state index is 0.348. The first-order valence-electron chi connectivity index (χ1n) is 10.5. The van der Waals surface area contributed by atoms with Crippen molar-refractivity contribution in [1.29, 1.82) is 0 Å². The number of guanidine groups is 1. The maximum Gasteiger partial charge on any atom is 0.226 e. The standard InChI is InChI=1S/C22H32N4O3/c1-3-23-22(24-11-4-12-28-20-9-13-27-14-10-20)25-15-19-16-29-21(26-19)18-7-5-17(2)6-8-18/h5-8,16,20H,3-4,9-15H2,1-2H3,(H2,23,24,25). The van der Waals surface area contributed by atoms with Crippen molar-refractivity contribution in [3.05, 3.63) is 41.8 Å². The number of nitrogens with zero attached hydrogens (tertiary/aromatic N) is 2. The highest BCUT2D eigenvalue weighted by molar-refractivity contribution is 5.79. The van der Waals surface area contributed by atoms with E-state index in [1.165, 1.54) is 5.56 Å². The lowest BCUT2D eigenvalue weighted by Crippen LogP contribution is -2.38. The van der Waals surface area contributed by atoms with Crippen LogP contribution in [0.2, 0.25) is 0 Å². The van der Waals surface area contributed by atoms with Crippen LogP contribution in [0.5, 0.6) is 0 Å². The average Bonchev–Trinajstić information content (AvgIpc) is 3.22. The van der Waals surface area contributed by atoms with Gasteiger partial charge in [-0.2, -0.15) is 0 Å². The Balaban J connectivity index is 1.43. The van der Waals surface area contributed by atoms with Crippen molar-refractivity contribution in [2.45, 2.75) is 45.8 Å². The predicted molar refractivity (Wildman–Crippen MR) is 114 cm³/mol. The third-order valence-electron chi connectivity index (χ3n) is 4.73. The van der Waals surface area contributed by atoms with Crippen molar-refractivity contribution in [2.75, 3.05) is 32.9 Å². The van der Waals surface area contributed by atoms with Gasteiger partial charge in [-0.25, -0.2) is 9.98 Å². The van der Waals surface area contributed by atoms with Crippen LogP contribution in [0.1, 0.15) is 37.4 Å². The van der Waals surface area contributed by atoms with Crippen LogP contribution in [0.15, 0.2) is 39.9 Å². The Hall–Kier alpha value is -2.38. The van der Waals surface area contributed by atoms with Crippen molar-refractivity contribution >= 4 is 5.96 Å². The fourth-order valence-corrected chi connectivity index (χ4v) is 3.08. The number of aromatic nitrogens is 1. The highest BCUT2D eigenvalue weighted by atomic mass is 16.5. The third-order valence-corrected chi connectivity index (χ3v) is 4.73. The smallest absolute Gasteiger partial charge is 0.226 e. The predicted octanol–water partition coefficient (Wildman–Crippen LogP) is 3.29. The van der Waals surface area contributed by atoms with E-state index in [4.69, 9.17) is 13.9 Å². The zero-order valence-corrected chi connectivity index (χ0v) is 17.4. The molecule has 7 nitrogen and oxygen atoms in total. The van der Waals surface area contributed by atoms with Crippen LogP contribution in [0.4, 0.5) is 0 Å². The van der Waals surface area contributed by atoms with Crippen LogP contribution < -0.4 is 10.6 Å². The maximum atomic E-state index is 5.90. The SMILES string of the molecule is CCNC(=NCc1coc(-c2ccc(C)cc2)n1)NCCCOC1CCOCC1. The summed E-state index contributed by atoms with van der Waals surface area (Å²) in [6, 6.07) is 8.14. The molecule has 1 aliphatic rings. The molecule has 0 atom stereocenters. The van der Waals surface area contributed by atoms with Crippen LogP contribution in [0.25, 0.3) is 11.5 Å². The number of benzene rings is 1. The molecule has 7 heteroatoms. The molecule has 2 heterocycles. The van der Waals surface area contributed by atoms with Gasteiger partial charge in [0.2, 0.25) is 5.89 Å². The van der Waals surface area contributed by atoms with E-state index in [0.29, 0.717) is 18.5 Å². The lowest BCUT2D eigenvalue weighted by Gasteiger charge is -2.22. The van der Waals surface area contributed by atoms with Crippen LogP contribution in [0.3, 0.4) is 0 Å². The lowest BCUT2D eigenvalue weighted by atomic mass is 10.1. The molecule has 2 N–H and O–H groups in total. The van der Waals surface area contributed by atoms with Gasteiger partial charge in [-0.05, 0) is 45.2 Å². The minimum Gasteiger partial charge on any atom is -0.444 e. The van der Waals surface area contributed by atoms with Crippen molar-refractivity contribution in [2.24, 2.45) is 4.99 Å². The summed E-state index contributed by atoms with van der Waals surface area (Å²) in [5.74, 6) is 1.40. The van der Waals surface area contributed by atoms with Crippen LogP contribution in [0, 0.1) is 6.92 Å². The summed E-state index contributed by atoms with van der Waals surface area (Å²) in [6.45, 7) is 8.56. The molecule has 2 aromatic rings. The summed E-state index contributed by atoms with van der Waals surface area (Å²) in [7, 11) is 0. The Kier molecular flexibility index (Phi) is 8.52. The fraction of sp³-hybridized carbons (Fsp3) is 0.545. The van der Waals surface area contributed by atoms with E-state index in [9.17, 15) is 0 Å². The first kappa shape index (κ1) is 21.3. The lowest BCUT2D eigenvalue weighted by molar-refractivity contribution is -0.0320. The molecule has 0 spiro atoms. The molecule has 1 fully saturated rings. The van der Waals surface area contributed by atoms with Gasteiger partial charge in [-0.15, -0.1) is 0 Å². The van der Waals surface area contributed by atoms with Crippen molar-refractivity contribution < 1.29 is 13.9 Å². The molecule has 1 aliphatic heterocycles. The van der Waals surface area contributed by atoms with Crippen molar-refractivity contribution in [3.8, 4) is 11.5 Å². The molecule has 1 aromatic heterocycles. The van der Waals surface area contributed by atoms with E-state index in [2.05, 4.69) is 46.6 Å². The number of aryl methyl sites for hydroxylation is 1. The number of aliphatic imine (C=N–C) groups is 1.